The van der Waals surface area contributed by atoms with Gasteiger partial charge in [-0.25, -0.2) is 9.97 Å². The van der Waals surface area contributed by atoms with Gasteiger partial charge in [-0.05, 0) is 55.5 Å². The van der Waals surface area contributed by atoms with E-state index in [1.54, 1.807) is 30.3 Å². The fraction of sp³-hybridized carbons (Fsp3) is 0.433. The predicted octanol–water partition coefficient (Wildman–Crippen LogP) is 6.92. The van der Waals surface area contributed by atoms with Gasteiger partial charge in [0.2, 0.25) is 0 Å². The molecule has 0 saturated carbocycles. The SMILES string of the molecule is O=C(O)CCCN1CCCCCCCCCc2ccccc2-c2nc(ccc2C(F)(F)F)NS(=O)(=O)c2cccc1n2. The molecule has 8 nitrogen and oxygen atoms in total. The van der Waals surface area contributed by atoms with E-state index in [2.05, 4.69) is 14.7 Å². The summed E-state index contributed by atoms with van der Waals surface area (Å²) < 4.78 is 71.2. The lowest BCUT2D eigenvalue weighted by molar-refractivity contribution is -0.138. The smallest absolute Gasteiger partial charge is 0.418 e. The number of carboxylic acids is 1. The van der Waals surface area contributed by atoms with Gasteiger partial charge in [-0.1, -0.05) is 62.4 Å². The number of aliphatic carboxylic acids is 1. The number of halogens is 3. The number of alkyl halides is 3. The van der Waals surface area contributed by atoms with Crippen LogP contribution in [0.15, 0.2) is 59.6 Å². The maximum Gasteiger partial charge on any atom is 0.418 e. The molecule has 0 radical (unpaired) electrons. The first-order valence-electron chi connectivity index (χ1n) is 14.2. The van der Waals surface area contributed by atoms with Gasteiger partial charge in [-0.3, -0.25) is 9.52 Å². The van der Waals surface area contributed by atoms with Crippen molar-refractivity contribution in [2.24, 2.45) is 0 Å². The molecule has 4 bridgehead atoms. The molecular weight excluding hydrogens is 569 g/mol. The minimum atomic E-state index is -4.69. The molecule has 1 aliphatic heterocycles. The van der Waals surface area contributed by atoms with Gasteiger partial charge in [-0.2, -0.15) is 21.6 Å². The molecule has 0 unspecified atom stereocenters. The van der Waals surface area contributed by atoms with E-state index < -0.39 is 27.7 Å². The van der Waals surface area contributed by atoms with Gasteiger partial charge >= 0.3 is 12.1 Å². The maximum absolute atomic E-state index is 14.1. The second kappa shape index (κ2) is 14.0. The van der Waals surface area contributed by atoms with Gasteiger partial charge in [0.15, 0.2) is 5.03 Å². The van der Waals surface area contributed by atoms with Crippen LogP contribution in [0, 0.1) is 0 Å². The van der Waals surface area contributed by atoms with Crippen molar-refractivity contribution in [1.29, 1.82) is 0 Å². The van der Waals surface area contributed by atoms with Gasteiger partial charge in [0, 0.05) is 25.1 Å². The Morgan fingerprint density at radius 2 is 1.62 bits per heavy atom. The number of aromatic nitrogens is 2. The first-order valence-corrected chi connectivity index (χ1v) is 15.7. The van der Waals surface area contributed by atoms with Crippen molar-refractivity contribution >= 4 is 27.6 Å². The summed E-state index contributed by atoms with van der Waals surface area (Å²) in [5, 5.41) is 8.75. The Hall–Kier alpha value is -3.67. The Morgan fingerprint density at radius 1 is 0.905 bits per heavy atom. The van der Waals surface area contributed by atoms with Crippen LogP contribution in [0.5, 0.6) is 0 Å². The summed E-state index contributed by atoms with van der Waals surface area (Å²) in [6, 6.07) is 13.1. The van der Waals surface area contributed by atoms with E-state index in [0.29, 0.717) is 37.3 Å². The number of benzene rings is 1. The van der Waals surface area contributed by atoms with Crippen LogP contribution < -0.4 is 9.62 Å². The molecule has 226 valence electrons. The highest BCUT2D eigenvalue weighted by Crippen LogP contribution is 2.38. The molecule has 1 aromatic carbocycles. The third-order valence-electron chi connectivity index (χ3n) is 7.21. The summed E-state index contributed by atoms with van der Waals surface area (Å²) in [5.41, 5.74) is -0.240. The zero-order chi connectivity index (χ0) is 30.2. The lowest BCUT2D eigenvalue weighted by atomic mass is 9.96. The molecule has 0 aliphatic carbocycles. The molecule has 0 saturated heterocycles. The number of anilines is 2. The summed E-state index contributed by atoms with van der Waals surface area (Å²) in [5.74, 6) is -0.789. The van der Waals surface area contributed by atoms with Crippen molar-refractivity contribution in [2.45, 2.75) is 75.4 Å². The number of nitrogens with zero attached hydrogens (tertiary/aromatic N) is 3. The lowest BCUT2D eigenvalue weighted by Crippen LogP contribution is -2.28. The standard InChI is InChI=1S/C30H35F3N4O4S/c31-30(32,33)24-18-19-25-34-29(24)23-14-8-7-13-22(23)12-6-4-2-1-3-5-9-20-37(21-11-17-28(38)39)26-15-10-16-27(35-26)42(40,41)36-25/h7-8,10,13-16,18-19H,1-6,9,11-12,17,20-21H2,(H,34,36)(H,38,39). The highest BCUT2D eigenvalue weighted by molar-refractivity contribution is 7.92. The van der Waals surface area contributed by atoms with Crippen LogP contribution in [0.2, 0.25) is 0 Å². The molecule has 0 atom stereocenters. The molecule has 12 heteroatoms. The van der Waals surface area contributed by atoms with Crippen LogP contribution in [-0.2, 0) is 27.4 Å². The van der Waals surface area contributed by atoms with E-state index >= 15 is 0 Å². The average Bonchev–Trinajstić information content (AvgIpc) is 2.94. The van der Waals surface area contributed by atoms with Crippen molar-refractivity contribution in [1.82, 2.24) is 9.97 Å². The number of hydrogen-bond donors (Lipinski definition) is 2. The van der Waals surface area contributed by atoms with E-state index in [0.717, 1.165) is 62.6 Å². The Morgan fingerprint density at radius 3 is 2.36 bits per heavy atom. The number of aryl methyl sites for hydroxylation is 1. The van der Waals surface area contributed by atoms with Crippen molar-refractivity contribution in [3.63, 3.8) is 0 Å². The molecular formula is C30H35F3N4O4S. The van der Waals surface area contributed by atoms with Gasteiger partial charge < -0.3 is 10.0 Å². The van der Waals surface area contributed by atoms with E-state index in [-0.39, 0.29) is 23.0 Å². The summed E-state index contributed by atoms with van der Waals surface area (Å²) in [4.78, 5) is 21.5. The number of carboxylic acid groups (broad SMARTS) is 1. The third kappa shape index (κ3) is 8.43. The first-order chi connectivity index (χ1) is 20.0. The summed E-state index contributed by atoms with van der Waals surface area (Å²) in [6.07, 6.45) is 2.82. The Labute approximate surface area is 244 Å². The molecule has 3 aromatic rings. The number of pyridine rings is 2. The quantitative estimate of drug-likeness (QED) is 0.332. The lowest BCUT2D eigenvalue weighted by Gasteiger charge is -2.24. The molecule has 0 fully saturated rings. The van der Waals surface area contributed by atoms with E-state index in [4.69, 9.17) is 5.11 Å². The number of hydrogen-bond acceptors (Lipinski definition) is 6. The second-order valence-electron chi connectivity index (χ2n) is 10.4. The van der Waals surface area contributed by atoms with Crippen molar-refractivity contribution < 1.29 is 31.5 Å². The Bertz CT molecular complexity index is 1480. The number of nitrogens with one attached hydrogen (secondary N) is 1. The predicted molar refractivity (Wildman–Crippen MR) is 155 cm³/mol. The minimum Gasteiger partial charge on any atom is -0.481 e. The van der Waals surface area contributed by atoms with Crippen molar-refractivity contribution in [3.8, 4) is 11.3 Å². The molecule has 0 amide bonds. The van der Waals surface area contributed by atoms with Crippen LogP contribution in [0.4, 0.5) is 24.8 Å². The number of sulfonamides is 1. The Kier molecular flexibility index (Phi) is 10.4. The fourth-order valence-corrected chi connectivity index (χ4v) is 6.07. The molecule has 2 aromatic heterocycles. The zero-order valence-electron chi connectivity index (χ0n) is 23.2. The van der Waals surface area contributed by atoms with E-state index in [9.17, 15) is 26.4 Å². The number of fused-ring (bicyclic) bond motifs is 6. The van der Waals surface area contributed by atoms with Crippen LogP contribution >= 0.6 is 0 Å². The van der Waals surface area contributed by atoms with Crippen LogP contribution in [0.25, 0.3) is 11.3 Å². The van der Waals surface area contributed by atoms with Gasteiger partial charge in [0.1, 0.15) is 11.6 Å². The maximum atomic E-state index is 14.1. The van der Waals surface area contributed by atoms with Crippen LogP contribution in [0.3, 0.4) is 0 Å². The van der Waals surface area contributed by atoms with Crippen molar-refractivity contribution in [2.75, 3.05) is 22.7 Å². The average molecular weight is 605 g/mol. The Balaban J connectivity index is 1.74. The second-order valence-corrected chi connectivity index (χ2v) is 12.0. The number of carbonyl (C=O) groups is 1. The van der Waals surface area contributed by atoms with Gasteiger partial charge in [0.25, 0.3) is 10.0 Å². The topological polar surface area (TPSA) is 112 Å². The van der Waals surface area contributed by atoms with Crippen LogP contribution in [0.1, 0.15) is 68.9 Å². The van der Waals surface area contributed by atoms with Crippen LogP contribution in [-0.4, -0.2) is 42.6 Å². The van der Waals surface area contributed by atoms with E-state index in [1.807, 2.05) is 4.90 Å². The van der Waals surface area contributed by atoms with Gasteiger partial charge in [0.05, 0.1) is 11.3 Å². The minimum absolute atomic E-state index is 0.0267. The molecule has 3 heterocycles. The normalized spacial score (nSPS) is 16.6. The zero-order valence-corrected chi connectivity index (χ0v) is 24.1. The molecule has 4 rings (SSSR count). The third-order valence-corrected chi connectivity index (χ3v) is 8.47. The summed E-state index contributed by atoms with van der Waals surface area (Å²) in [6.45, 7) is 0.976. The highest BCUT2D eigenvalue weighted by atomic mass is 32.2. The van der Waals surface area contributed by atoms with E-state index in [1.165, 1.54) is 12.1 Å². The summed E-state index contributed by atoms with van der Waals surface area (Å²) >= 11 is 0. The summed E-state index contributed by atoms with van der Waals surface area (Å²) in [7, 11) is -4.32. The van der Waals surface area contributed by atoms with Gasteiger partial charge in [-0.15, -0.1) is 0 Å². The molecule has 2 N–H and O–H groups in total. The van der Waals surface area contributed by atoms with Crippen molar-refractivity contribution in [3.05, 3.63) is 65.7 Å². The highest BCUT2D eigenvalue weighted by Gasteiger charge is 2.35. The first kappa shape index (κ1) is 31.3. The fourth-order valence-electron chi connectivity index (χ4n) is 5.10. The monoisotopic (exact) mass is 604 g/mol. The molecule has 0 spiro atoms. The molecule has 42 heavy (non-hydrogen) atoms. The molecule has 1 aliphatic rings. The largest absolute Gasteiger partial charge is 0.481 e. The number of rotatable bonds is 4.